The van der Waals surface area contributed by atoms with E-state index in [0.717, 1.165) is 26.8 Å². The summed E-state index contributed by atoms with van der Waals surface area (Å²) >= 11 is 1.68. The number of rotatable bonds is 6. The first-order chi connectivity index (χ1) is 13.0. The second kappa shape index (κ2) is 8.43. The van der Waals surface area contributed by atoms with Gasteiger partial charge in [0.15, 0.2) is 5.65 Å². The van der Waals surface area contributed by atoms with E-state index in [1.54, 1.807) is 23.7 Å². The van der Waals surface area contributed by atoms with E-state index >= 15 is 0 Å². The molecule has 0 saturated carbocycles. The van der Waals surface area contributed by atoms with Crippen molar-refractivity contribution in [1.29, 1.82) is 0 Å². The molecule has 3 aromatic rings. The molecule has 1 N–H and O–H groups in total. The maximum Gasteiger partial charge on any atom is 0.317 e. The Morgan fingerprint density at radius 1 is 1.22 bits per heavy atom. The van der Waals surface area contributed by atoms with Gasteiger partial charge in [0.05, 0.1) is 0 Å². The Labute approximate surface area is 164 Å². The number of aromatic nitrogens is 3. The second-order valence-corrected chi connectivity index (χ2v) is 7.80. The smallest absolute Gasteiger partial charge is 0.317 e. The van der Waals surface area contributed by atoms with Crippen LogP contribution in [0.5, 0.6) is 0 Å². The Morgan fingerprint density at radius 3 is 2.74 bits per heavy atom. The number of nitrogens with one attached hydrogen (secondary N) is 1. The molecule has 2 amide bonds. The molecule has 0 aliphatic rings. The number of nitrogens with zero attached hydrogens (tertiary/aromatic N) is 4. The molecule has 27 heavy (non-hydrogen) atoms. The summed E-state index contributed by atoms with van der Waals surface area (Å²) in [5.41, 5.74) is 1.94. The molecule has 2 heterocycles. The summed E-state index contributed by atoms with van der Waals surface area (Å²) in [6.45, 7) is 7.36. The van der Waals surface area contributed by atoms with E-state index in [-0.39, 0.29) is 6.03 Å². The number of urea groups is 1. The highest BCUT2D eigenvalue weighted by Gasteiger charge is 2.12. The first-order valence-corrected chi connectivity index (χ1v) is 9.90. The molecule has 0 fully saturated rings. The van der Waals surface area contributed by atoms with Gasteiger partial charge in [0.1, 0.15) is 5.82 Å². The van der Waals surface area contributed by atoms with Crippen LogP contribution in [0.2, 0.25) is 0 Å². The summed E-state index contributed by atoms with van der Waals surface area (Å²) in [5.74, 6) is 1.26. The van der Waals surface area contributed by atoms with E-state index in [9.17, 15) is 4.79 Å². The number of benzene rings is 1. The van der Waals surface area contributed by atoms with Crippen molar-refractivity contribution in [2.75, 3.05) is 13.6 Å². The molecule has 0 saturated heterocycles. The molecule has 0 atom stereocenters. The molecule has 6 nitrogen and oxygen atoms in total. The predicted molar refractivity (Wildman–Crippen MR) is 108 cm³/mol. The quantitative estimate of drug-likeness (QED) is 0.694. The van der Waals surface area contributed by atoms with Crippen LogP contribution in [-0.2, 0) is 6.54 Å². The number of hydrogen-bond donors (Lipinski definition) is 1. The fourth-order valence-electron chi connectivity index (χ4n) is 2.67. The molecule has 0 spiro atoms. The average Bonchev–Trinajstić information content (AvgIpc) is 3.10. The van der Waals surface area contributed by atoms with Crippen LogP contribution in [0.25, 0.3) is 5.65 Å². The molecule has 1 aromatic carbocycles. The van der Waals surface area contributed by atoms with Gasteiger partial charge in [-0.1, -0.05) is 43.8 Å². The number of hydrogen-bond acceptors (Lipinski definition) is 4. The van der Waals surface area contributed by atoms with Crippen molar-refractivity contribution in [3.05, 3.63) is 54.0 Å². The molecule has 3 rings (SSSR count). The normalized spacial score (nSPS) is 11.1. The molecule has 2 aromatic heterocycles. The summed E-state index contributed by atoms with van der Waals surface area (Å²) in [6.07, 6.45) is 2.08. The fraction of sp³-hybridized carbons (Fsp3) is 0.350. The van der Waals surface area contributed by atoms with Gasteiger partial charge < -0.3 is 10.2 Å². The molecule has 0 aliphatic carbocycles. The van der Waals surface area contributed by atoms with Crippen LogP contribution < -0.4 is 5.32 Å². The molecule has 7 heteroatoms. The van der Waals surface area contributed by atoms with Crippen LogP contribution in [0.15, 0.2) is 52.4 Å². The minimum absolute atomic E-state index is 0.0650. The number of pyridine rings is 1. The highest BCUT2D eigenvalue weighted by molar-refractivity contribution is 7.99. The van der Waals surface area contributed by atoms with Gasteiger partial charge in [-0.15, -0.1) is 10.2 Å². The zero-order valence-electron chi connectivity index (χ0n) is 16.1. The fourth-order valence-corrected chi connectivity index (χ4v) is 3.63. The second-order valence-electron chi connectivity index (χ2n) is 6.69. The average molecular weight is 384 g/mol. The summed E-state index contributed by atoms with van der Waals surface area (Å²) < 4.78 is 2.05. The van der Waals surface area contributed by atoms with E-state index in [1.807, 2.05) is 35.6 Å². The van der Waals surface area contributed by atoms with Gasteiger partial charge in [0.2, 0.25) is 0 Å². The van der Waals surface area contributed by atoms with Crippen molar-refractivity contribution >= 4 is 23.4 Å². The van der Waals surface area contributed by atoms with Crippen LogP contribution in [0.4, 0.5) is 4.79 Å². The predicted octanol–water partition coefficient (Wildman–Crippen LogP) is 4.17. The van der Waals surface area contributed by atoms with Crippen LogP contribution >= 0.6 is 11.8 Å². The van der Waals surface area contributed by atoms with Crippen LogP contribution in [0.3, 0.4) is 0 Å². The van der Waals surface area contributed by atoms with Crippen molar-refractivity contribution < 1.29 is 4.79 Å². The van der Waals surface area contributed by atoms with Gasteiger partial charge in [0, 0.05) is 42.0 Å². The van der Waals surface area contributed by atoms with Gasteiger partial charge in [0.25, 0.3) is 0 Å². The molecule has 0 radical (unpaired) electrons. The lowest BCUT2D eigenvalue weighted by atomic mass is 10.2. The molecule has 0 unspecified atom stereocenters. The zero-order chi connectivity index (χ0) is 19.4. The van der Waals surface area contributed by atoms with Gasteiger partial charge >= 0.3 is 6.03 Å². The summed E-state index contributed by atoms with van der Waals surface area (Å²) in [7, 11) is 1.79. The number of fused-ring (bicyclic) bond motifs is 1. The highest BCUT2D eigenvalue weighted by atomic mass is 32.2. The molecule has 142 valence electrons. The van der Waals surface area contributed by atoms with Gasteiger partial charge in [-0.25, -0.2) is 4.79 Å². The highest BCUT2D eigenvalue weighted by Crippen LogP contribution is 2.31. The molecular weight excluding hydrogens is 358 g/mol. The molecular formula is C20H25N5OS. The van der Waals surface area contributed by atoms with E-state index in [2.05, 4.69) is 47.7 Å². The summed E-state index contributed by atoms with van der Waals surface area (Å²) in [4.78, 5) is 15.9. The molecule has 0 aliphatic heterocycles. The van der Waals surface area contributed by atoms with Crippen molar-refractivity contribution in [1.82, 2.24) is 24.8 Å². The van der Waals surface area contributed by atoms with Crippen molar-refractivity contribution in [2.45, 2.75) is 43.0 Å². The number of carbonyl (C=O) groups is 1. The summed E-state index contributed by atoms with van der Waals surface area (Å²) in [6, 6.07) is 12.1. The van der Waals surface area contributed by atoms with E-state index in [1.165, 1.54) is 0 Å². The Morgan fingerprint density at radius 2 is 2.00 bits per heavy atom. The lowest BCUT2D eigenvalue weighted by molar-refractivity contribution is 0.210. The first-order valence-electron chi connectivity index (χ1n) is 9.09. The minimum Gasteiger partial charge on any atom is -0.334 e. The maximum absolute atomic E-state index is 12.0. The van der Waals surface area contributed by atoms with Gasteiger partial charge in [-0.2, -0.15) is 0 Å². The third kappa shape index (κ3) is 4.42. The van der Waals surface area contributed by atoms with Crippen LogP contribution in [0, 0.1) is 0 Å². The molecule has 0 bridgehead atoms. The third-order valence-electron chi connectivity index (χ3n) is 4.37. The zero-order valence-corrected chi connectivity index (χ0v) is 17.0. The maximum atomic E-state index is 12.0. The number of carbonyl (C=O) groups excluding carboxylic acids is 1. The Bertz CT molecular complexity index is 937. The van der Waals surface area contributed by atoms with Gasteiger partial charge in [-0.3, -0.25) is 4.40 Å². The standard InChI is InChI=1S/C20H25N5OS/c1-5-24(4)20(26)21-12-15-8-6-7-9-17(15)27-16-10-11-18-22-23-19(14(2)3)25(18)13-16/h6-11,13-14H,5,12H2,1-4H3,(H,21,26). The monoisotopic (exact) mass is 383 g/mol. The minimum atomic E-state index is -0.0650. The first kappa shape index (κ1) is 19.2. The topological polar surface area (TPSA) is 62.5 Å². The van der Waals surface area contributed by atoms with E-state index < -0.39 is 0 Å². The Kier molecular flexibility index (Phi) is 6.01. The van der Waals surface area contributed by atoms with Crippen molar-refractivity contribution in [3.63, 3.8) is 0 Å². The number of amides is 2. The SMILES string of the molecule is CCN(C)C(=O)NCc1ccccc1Sc1ccc2nnc(C(C)C)n2c1. The summed E-state index contributed by atoms with van der Waals surface area (Å²) in [5, 5.41) is 11.5. The Balaban J connectivity index is 1.80. The Hall–Kier alpha value is -2.54. The van der Waals surface area contributed by atoms with Gasteiger partial charge in [-0.05, 0) is 30.7 Å². The van der Waals surface area contributed by atoms with Crippen LogP contribution in [-0.4, -0.2) is 39.1 Å². The lowest BCUT2D eigenvalue weighted by Gasteiger charge is -2.16. The largest absolute Gasteiger partial charge is 0.334 e. The lowest BCUT2D eigenvalue weighted by Crippen LogP contribution is -2.36. The van der Waals surface area contributed by atoms with Crippen molar-refractivity contribution in [3.8, 4) is 0 Å². The van der Waals surface area contributed by atoms with E-state index in [4.69, 9.17) is 0 Å². The third-order valence-corrected chi connectivity index (χ3v) is 5.46. The van der Waals surface area contributed by atoms with E-state index in [0.29, 0.717) is 19.0 Å². The van der Waals surface area contributed by atoms with Crippen molar-refractivity contribution in [2.24, 2.45) is 0 Å². The van der Waals surface area contributed by atoms with Crippen LogP contribution in [0.1, 0.15) is 38.1 Å².